The highest BCUT2D eigenvalue weighted by molar-refractivity contribution is 5.97. The van der Waals surface area contributed by atoms with Crippen molar-refractivity contribution in [1.82, 2.24) is 14.9 Å². The Kier molecular flexibility index (Phi) is 6.41. The molecule has 28 heavy (non-hydrogen) atoms. The summed E-state index contributed by atoms with van der Waals surface area (Å²) in [6, 6.07) is 14.6. The summed E-state index contributed by atoms with van der Waals surface area (Å²) in [5.74, 6) is 0.0619. The van der Waals surface area contributed by atoms with E-state index in [-0.39, 0.29) is 24.8 Å². The lowest BCUT2D eigenvalue weighted by atomic mass is 10.2. The lowest BCUT2D eigenvalue weighted by Crippen LogP contribution is -2.28. The topological polar surface area (TPSA) is 85.2 Å². The van der Waals surface area contributed by atoms with Crippen LogP contribution in [0.25, 0.3) is 0 Å². The minimum absolute atomic E-state index is 0.167. The van der Waals surface area contributed by atoms with E-state index in [4.69, 9.17) is 4.74 Å². The van der Waals surface area contributed by atoms with Crippen molar-refractivity contribution in [2.75, 3.05) is 19.0 Å². The van der Waals surface area contributed by atoms with Gasteiger partial charge in [0.25, 0.3) is 5.91 Å². The fraction of sp³-hybridized carbons (Fsp3) is 0.190. The van der Waals surface area contributed by atoms with Crippen LogP contribution in [0.1, 0.15) is 22.3 Å². The van der Waals surface area contributed by atoms with Crippen LogP contribution in [0.15, 0.2) is 67.3 Å². The maximum atomic E-state index is 12.2. The molecular weight excluding hydrogens is 356 g/mol. The van der Waals surface area contributed by atoms with Crippen molar-refractivity contribution in [3.8, 4) is 5.75 Å². The van der Waals surface area contributed by atoms with Crippen LogP contribution >= 0.6 is 0 Å². The zero-order valence-electron chi connectivity index (χ0n) is 15.6. The maximum absolute atomic E-state index is 12.2. The fourth-order valence-corrected chi connectivity index (χ4v) is 2.78. The number of methoxy groups -OCH3 is 1. The molecule has 2 N–H and O–H groups in total. The Balaban J connectivity index is 1.48. The lowest BCUT2D eigenvalue weighted by Gasteiger charge is -2.10. The van der Waals surface area contributed by atoms with Gasteiger partial charge in [0, 0.05) is 37.6 Å². The number of rotatable bonds is 8. The number of hydrogen-bond acceptors (Lipinski definition) is 4. The third-order valence-corrected chi connectivity index (χ3v) is 4.12. The molecule has 0 radical (unpaired) electrons. The summed E-state index contributed by atoms with van der Waals surface area (Å²) in [6.07, 6.45) is 5.53. The Labute approximate surface area is 163 Å². The van der Waals surface area contributed by atoms with Gasteiger partial charge in [-0.25, -0.2) is 4.98 Å². The molecule has 0 fully saturated rings. The van der Waals surface area contributed by atoms with Crippen molar-refractivity contribution < 1.29 is 14.3 Å². The highest BCUT2D eigenvalue weighted by atomic mass is 16.5. The van der Waals surface area contributed by atoms with Crippen LogP contribution in [0, 0.1) is 0 Å². The van der Waals surface area contributed by atoms with E-state index in [0.717, 1.165) is 11.3 Å². The molecule has 7 heteroatoms. The summed E-state index contributed by atoms with van der Waals surface area (Å²) in [6.45, 7) is 0.913. The summed E-state index contributed by atoms with van der Waals surface area (Å²) in [5, 5.41) is 5.60. The second-order valence-corrected chi connectivity index (χ2v) is 6.19. The van der Waals surface area contributed by atoms with Gasteiger partial charge in [0.15, 0.2) is 0 Å². The van der Waals surface area contributed by atoms with Gasteiger partial charge in [0.2, 0.25) is 5.91 Å². The van der Waals surface area contributed by atoms with E-state index < -0.39 is 0 Å². The van der Waals surface area contributed by atoms with Crippen molar-refractivity contribution in [3.63, 3.8) is 0 Å². The van der Waals surface area contributed by atoms with E-state index in [0.29, 0.717) is 17.9 Å². The summed E-state index contributed by atoms with van der Waals surface area (Å²) in [5.41, 5.74) is 2.22. The molecular formula is C21H22N4O3. The summed E-state index contributed by atoms with van der Waals surface area (Å²) in [7, 11) is 1.51. The van der Waals surface area contributed by atoms with Crippen molar-refractivity contribution >= 4 is 17.5 Å². The molecule has 1 heterocycles. The van der Waals surface area contributed by atoms with Gasteiger partial charge in [-0.15, -0.1) is 0 Å². The van der Waals surface area contributed by atoms with E-state index in [1.54, 1.807) is 36.8 Å². The SMILES string of the molecule is COc1ccccc1C(=O)NCCC(=O)Nc1cccc(Cn2ccnc2)c1. The van der Waals surface area contributed by atoms with Gasteiger partial charge >= 0.3 is 0 Å². The first-order chi connectivity index (χ1) is 13.7. The average molecular weight is 378 g/mol. The smallest absolute Gasteiger partial charge is 0.255 e. The number of benzene rings is 2. The number of amides is 2. The number of para-hydroxylation sites is 1. The molecule has 0 spiro atoms. The first-order valence-corrected chi connectivity index (χ1v) is 8.91. The van der Waals surface area contributed by atoms with E-state index in [1.165, 1.54) is 7.11 Å². The second kappa shape index (κ2) is 9.36. The van der Waals surface area contributed by atoms with Crippen LogP contribution in [-0.4, -0.2) is 35.0 Å². The highest BCUT2D eigenvalue weighted by Gasteiger charge is 2.11. The number of carbonyl (C=O) groups excluding carboxylic acids is 2. The Bertz CT molecular complexity index is 938. The third kappa shape index (κ3) is 5.20. The third-order valence-electron chi connectivity index (χ3n) is 4.12. The Morgan fingerprint density at radius 2 is 2.00 bits per heavy atom. The fourth-order valence-electron chi connectivity index (χ4n) is 2.78. The highest BCUT2D eigenvalue weighted by Crippen LogP contribution is 2.17. The number of hydrogen-bond donors (Lipinski definition) is 2. The van der Waals surface area contributed by atoms with E-state index in [9.17, 15) is 9.59 Å². The summed E-state index contributed by atoms with van der Waals surface area (Å²) < 4.78 is 7.13. The van der Waals surface area contributed by atoms with Crippen LogP contribution in [0.3, 0.4) is 0 Å². The molecule has 0 bridgehead atoms. The Hall–Kier alpha value is -3.61. The number of nitrogens with one attached hydrogen (secondary N) is 2. The Morgan fingerprint density at radius 3 is 2.79 bits per heavy atom. The quantitative estimate of drug-likeness (QED) is 0.631. The number of anilines is 1. The second-order valence-electron chi connectivity index (χ2n) is 6.19. The molecule has 2 amide bonds. The van der Waals surface area contributed by atoms with E-state index in [1.807, 2.05) is 35.0 Å². The predicted molar refractivity (Wildman–Crippen MR) is 106 cm³/mol. The number of aromatic nitrogens is 2. The molecule has 0 aliphatic carbocycles. The van der Waals surface area contributed by atoms with Crippen LogP contribution < -0.4 is 15.4 Å². The Morgan fingerprint density at radius 1 is 1.14 bits per heavy atom. The maximum Gasteiger partial charge on any atom is 0.255 e. The van der Waals surface area contributed by atoms with Gasteiger partial charge in [-0.05, 0) is 29.8 Å². The first-order valence-electron chi connectivity index (χ1n) is 8.91. The molecule has 144 valence electrons. The lowest BCUT2D eigenvalue weighted by molar-refractivity contribution is -0.116. The number of imidazole rings is 1. The molecule has 2 aromatic carbocycles. The summed E-state index contributed by atoms with van der Waals surface area (Å²) >= 11 is 0. The van der Waals surface area contributed by atoms with Crippen LogP contribution in [0.2, 0.25) is 0 Å². The van der Waals surface area contributed by atoms with Gasteiger partial charge in [-0.3, -0.25) is 9.59 Å². The minimum Gasteiger partial charge on any atom is -0.496 e. The number of carbonyl (C=O) groups is 2. The normalized spacial score (nSPS) is 10.3. The molecule has 0 aliphatic heterocycles. The molecule has 3 aromatic rings. The van der Waals surface area contributed by atoms with Gasteiger partial charge in [-0.1, -0.05) is 24.3 Å². The van der Waals surface area contributed by atoms with Crippen LogP contribution in [-0.2, 0) is 11.3 Å². The predicted octanol–water partition coefficient (Wildman–Crippen LogP) is 2.70. The van der Waals surface area contributed by atoms with E-state index in [2.05, 4.69) is 15.6 Å². The summed E-state index contributed by atoms with van der Waals surface area (Å²) in [4.78, 5) is 28.4. The minimum atomic E-state index is -0.271. The molecule has 0 saturated heterocycles. The van der Waals surface area contributed by atoms with Crippen LogP contribution in [0.4, 0.5) is 5.69 Å². The molecule has 1 aromatic heterocycles. The van der Waals surface area contributed by atoms with Crippen molar-refractivity contribution in [2.45, 2.75) is 13.0 Å². The molecule has 7 nitrogen and oxygen atoms in total. The van der Waals surface area contributed by atoms with Crippen molar-refractivity contribution in [3.05, 3.63) is 78.4 Å². The largest absolute Gasteiger partial charge is 0.496 e. The van der Waals surface area contributed by atoms with E-state index >= 15 is 0 Å². The average Bonchev–Trinajstić information content (AvgIpc) is 3.21. The molecule has 3 rings (SSSR count). The molecule has 0 unspecified atom stereocenters. The molecule has 0 saturated carbocycles. The first kappa shape index (κ1) is 19.2. The van der Waals surface area contributed by atoms with Gasteiger partial charge in [0.1, 0.15) is 5.75 Å². The van der Waals surface area contributed by atoms with Crippen molar-refractivity contribution in [2.24, 2.45) is 0 Å². The van der Waals surface area contributed by atoms with Gasteiger partial charge < -0.3 is 19.9 Å². The number of nitrogens with zero attached hydrogens (tertiary/aromatic N) is 2. The monoisotopic (exact) mass is 378 g/mol. The van der Waals surface area contributed by atoms with Crippen LogP contribution in [0.5, 0.6) is 5.75 Å². The number of ether oxygens (including phenoxy) is 1. The molecule has 0 atom stereocenters. The van der Waals surface area contributed by atoms with Gasteiger partial charge in [-0.2, -0.15) is 0 Å². The van der Waals surface area contributed by atoms with Gasteiger partial charge in [0.05, 0.1) is 19.0 Å². The van der Waals surface area contributed by atoms with Crippen molar-refractivity contribution in [1.29, 1.82) is 0 Å². The zero-order valence-corrected chi connectivity index (χ0v) is 15.6. The standard InChI is InChI=1S/C21H22N4O3/c1-28-19-8-3-2-7-18(19)21(27)23-10-9-20(26)24-17-6-4-5-16(13-17)14-25-12-11-22-15-25/h2-8,11-13,15H,9-10,14H2,1H3,(H,23,27)(H,24,26). The zero-order chi connectivity index (χ0) is 19.8. The molecule has 0 aliphatic rings.